The Morgan fingerprint density at radius 3 is 2.88 bits per heavy atom. The average molecular weight is 257 g/mol. The molecule has 0 saturated heterocycles. The predicted octanol–water partition coefficient (Wildman–Crippen LogP) is 0.972. The first kappa shape index (κ1) is 14.1. The summed E-state index contributed by atoms with van der Waals surface area (Å²) in [6, 6.07) is 1.80. The molecule has 0 amide bonds. The second-order valence-electron chi connectivity index (χ2n) is 3.75. The monoisotopic (exact) mass is 257 g/mol. The summed E-state index contributed by atoms with van der Waals surface area (Å²) in [6.07, 6.45) is 0.734. The van der Waals surface area contributed by atoms with Gasteiger partial charge in [-0.05, 0) is 26.5 Å². The normalized spacial score (nSPS) is 12.5. The molecule has 5 nitrogen and oxygen atoms in total. The van der Waals surface area contributed by atoms with Gasteiger partial charge in [-0.25, -0.2) is 0 Å². The second-order valence-corrected chi connectivity index (χ2v) is 4.86. The molecule has 6 heteroatoms. The number of rotatable bonds is 6. The summed E-state index contributed by atoms with van der Waals surface area (Å²) in [7, 11) is 5.09. The smallest absolute Gasteiger partial charge is 0.322 e. The van der Waals surface area contributed by atoms with Gasteiger partial charge in [-0.15, -0.1) is 11.8 Å². The molecule has 17 heavy (non-hydrogen) atoms. The zero-order chi connectivity index (χ0) is 12.8. The van der Waals surface area contributed by atoms with Gasteiger partial charge in [-0.3, -0.25) is 9.48 Å². The number of likely N-dealkylation sites (N-methyl/N-ethyl adjacent to an activating group) is 1. The van der Waals surface area contributed by atoms with Gasteiger partial charge >= 0.3 is 5.97 Å². The third-order valence-electron chi connectivity index (χ3n) is 2.45. The number of esters is 1. The van der Waals surface area contributed by atoms with Crippen LogP contribution in [0.2, 0.25) is 0 Å². The Hall–Kier alpha value is -1.01. The predicted molar refractivity (Wildman–Crippen MR) is 68.1 cm³/mol. The van der Waals surface area contributed by atoms with Gasteiger partial charge in [-0.1, -0.05) is 0 Å². The number of methoxy groups -OCH3 is 1. The number of nitrogens with zero attached hydrogens (tertiary/aromatic N) is 2. The largest absolute Gasteiger partial charge is 0.468 e. The molecule has 0 aliphatic heterocycles. The molecule has 0 aromatic carbocycles. The van der Waals surface area contributed by atoms with E-state index in [1.807, 2.05) is 24.7 Å². The van der Waals surface area contributed by atoms with Crippen molar-refractivity contribution in [3.05, 3.63) is 11.8 Å². The summed E-state index contributed by atoms with van der Waals surface area (Å²) in [5.74, 6) is 0.633. The fourth-order valence-electron chi connectivity index (χ4n) is 1.53. The molecule has 1 rings (SSSR count). The third-order valence-corrected chi connectivity index (χ3v) is 3.57. The first-order chi connectivity index (χ1) is 8.08. The van der Waals surface area contributed by atoms with Crippen LogP contribution in [0.3, 0.4) is 0 Å². The number of carbonyl (C=O) groups excluding carboxylic acids is 1. The molecule has 0 aliphatic rings. The highest BCUT2D eigenvalue weighted by atomic mass is 32.2. The molecule has 1 aromatic rings. The molecule has 96 valence electrons. The molecule has 0 aliphatic carbocycles. The Kier molecular flexibility index (Phi) is 5.50. The Bertz CT molecular complexity index is 379. The lowest BCUT2D eigenvalue weighted by Gasteiger charge is -2.12. The standard InChI is InChI=1S/C11H19N3O2S/c1-8-7-10(14(3)13-8)17-6-5-9(12-2)11(15)16-4/h7,9,12H,5-6H2,1-4H3. The van der Waals surface area contributed by atoms with Crippen molar-refractivity contribution in [1.82, 2.24) is 15.1 Å². The van der Waals surface area contributed by atoms with Crippen molar-refractivity contribution in [2.45, 2.75) is 24.4 Å². The minimum Gasteiger partial charge on any atom is -0.468 e. The van der Waals surface area contributed by atoms with E-state index in [0.29, 0.717) is 0 Å². The van der Waals surface area contributed by atoms with Crippen LogP contribution in [0.15, 0.2) is 11.1 Å². The summed E-state index contributed by atoms with van der Waals surface area (Å²) in [5, 5.41) is 8.33. The maximum absolute atomic E-state index is 11.3. The quantitative estimate of drug-likeness (QED) is 0.608. The van der Waals surface area contributed by atoms with Crippen molar-refractivity contribution < 1.29 is 9.53 Å². The minimum atomic E-state index is -0.234. The van der Waals surface area contributed by atoms with Crippen LogP contribution in [-0.4, -0.2) is 41.7 Å². The first-order valence-electron chi connectivity index (χ1n) is 5.47. The van der Waals surface area contributed by atoms with E-state index >= 15 is 0 Å². The van der Waals surface area contributed by atoms with Gasteiger partial charge in [-0.2, -0.15) is 5.10 Å². The molecule has 1 N–H and O–H groups in total. The number of aryl methyl sites for hydroxylation is 2. The maximum atomic E-state index is 11.3. The summed E-state index contributed by atoms with van der Waals surface area (Å²) in [4.78, 5) is 11.3. The minimum absolute atomic E-state index is 0.214. The summed E-state index contributed by atoms with van der Waals surface area (Å²) in [5.41, 5.74) is 1.01. The van der Waals surface area contributed by atoms with E-state index in [9.17, 15) is 4.79 Å². The number of hydrogen-bond donors (Lipinski definition) is 1. The van der Waals surface area contributed by atoms with Crippen molar-refractivity contribution in [1.29, 1.82) is 0 Å². The van der Waals surface area contributed by atoms with Crippen LogP contribution >= 0.6 is 11.8 Å². The molecular formula is C11H19N3O2S. The van der Waals surface area contributed by atoms with Crippen LogP contribution in [0, 0.1) is 6.92 Å². The van der Waals surface area contributed by atoms with Crippen molar-refractivity contribution in [2.24, 2.45) is 7.05 Å². The molecule has 0 saturated carbocycles. The summed E-state index contributed by atoms with van der Waals surface area (Å²) in [6.45, 7) is 1.97. The van der Waals surface area contributed by atoms with Gasteiger partial charge in [0, 0.05) is 12.8 Å². The Morgan fingerprint density at radius 1 is 1.71 bits per heavy atom. The van der Waals surface area contributed by atoms with E-state index in [0.717, 1.165) is 22.9 Å². The fourth-order valence-corrected chi connectivity index (χ4v) is 2.57. The topological polar surface area (TPSA) is 56.2 Å². The van der Waals surface area contributed by atoms with Gasteiger partial charge < -0.3 is 10.1 Å². The van der Waals surface area contributed by atoms with E-state index in [4.69, 9.17) is 4.74 Å². The summed E-state index contributed by atoms with van der Waals surface area (Å²) < 4.78 is 6.56. The zero-order valence-electron chi connectivity index (χ0n) is 10.7. The van der Waals surface area contributed by atoms with Crippen LogP contribution in [0.1, 0.15) is 12.1 Å². The Balaban J connectivity index is 2.41. The third kappa shape index (κ3) is 4.05. The van der Waals surface area contributed by atoms with Crippen LogP contribution < -0.4 is 5.32 Å². The lowest BCUT2D eigenvalue weighted by Crippen LogP contribution is -2.35. The fraction of sp³-hybridized carbons (Fsp3) is 0.636. The Labute approximate surface area is 106 Å². The van der Waals surface area contributed by atoms with Crippen molar-refractivity contribution in [3.63, 3.8) is 0 Å². The highest BCUT2D eigenvalue weighted by molar-refractivity contribution is 7.99. The number of carbonyl (C=O) groups is 1. The number of hydrogen-bond acceptors (Lipinski definition) is 5. The number of nitrogens with one attached hydrogen (secondary N) is 1. The van der Waals surface area contributed by atoms with Crippen LogP contribution in [0.25, 0.3) is 0 Å². The lowest BCUT2D eigenvalue weighted by molar-refractivity contribution is -0.143. The van der Waals surface area contributed by atoms with E-state index < -0.39 is 0 Å². The molecule has 0 radical (unpaired) electrons. The van der Waals surface area contributed by atoms with Crippen molar-refractivity contribution >= 4 is 17.7 Å². The van der Waals surface area contributed by atoms with Gasteiger partial charge in [0.05, 0.1) is 17.8 Å². The molecular weight excluding hydrogens is 238 g/mol. The van der Waals surface area contributed by atoms with Crippen molar-refractivity contribution in [3.8, 4) is 0 Å². The highest BCUT2D eigenvalue weighted by Crippen LogP contribution is 2.19. The SMILES string of the molecule is CNC(CCSc1cc(C)nn1C)C(=O)OC. The molecule has 1 unspecified atom stereocenters. The van der Waals surface area contributed by atoms with Gasteiger partial charge in [0.1, 0.15) is 6.04 Å². The van der Waals surface area contributed by atoms with E-state index in [2.05, 4.69) is 10.4 Å². The second kappa shape index (κ2) is 6.66. The summed E-state index contributed by atoms with van der Waals surface area (Å²) >= 11 is 1.69. The average Bonchev–Trinajstić information content (AvgIpc) is 2.62. The van der Waals surface area contributed by atoms with Gasteiger partial charge in [0.25, 0.3) is 0 Å². The van der Waals surface area contributed by atoms with Gasteiger partial charge in [0.2, 0.25) is 0 Å². The van der Waals surface area contributed by atoms with Crippen LogP contribution in [-0.2, 0) is 16.6 Å². The molecule has 1 heterocycles. The van der Waals surface area contributed by atoms with Crippen LogP contribution in [0.4, 0.5) is 0 Å². The lowest BCUT2D eigenvalue weighted by atomic mass is 10.2. The Morgan fingerprint density at radius 2 is 2.41 bits per heavy atom. The van der Waals surface area contributed by atoms with E-state index in [1.165, 1.54) is 7.11 Å². The highest BCUT2D eigenvalue weighted by Gasteiger charge is 2.16. The molecule has 0 spiro atoms. The maximum Gasteiger partial charge on any atom is 0.322 e. The molecule has 1 aromatic heterocycles. The van der Waals surface area contributed by atoms with E-state index in [-0.39, 0.29) is 12.0 Å². The number of aromatic nitrogens is 2. The van der Waals surface area contributed by atoms with Crippen molar-refractivity contribution in [2.75, 3.05) is 19.9 Å². The zero-order valence-corrected chi connectivity index (χ0v) is 11.5. The first-order valence-corrected chi connectivity index (χ1v) is 6.45. The number of thioether (sulfide) groups is 1. The molecule has 0 fully saturated rings. The molecule has 1 atom stereocenters. The van der Waals surface area contributed by atoms with Crippen LogP contribution in [0.5, 0.6) is 0 Å². The molecule has 0 bridgehead atoms. The van der Waals surface area contributed by atoms with Gasteiger partial charge in [0.15, 0.2) is 0 Å². The number of ether oxygens (including phenoxy) is 1. The van der Waals surface area contributed by atoms with E-state index in [1.54, 1.807) is 18.8 Å².